The van der Waals surface area contributed by atoms with Crippen molar-refractivity contribution in [3.63, 3.8) is 0 Å². The fourth-order valence-electron chi connectivity index (χ4n) is 0.673. The molecule has 0 unspecified atom stereocenters. The van der Waals surface area contributed by atoms with Gasteiger partial charge in [-0.2, -0.15) is 13.2 Å². The van der Waals surface area contributed by atoms with Gasteiger partial charge in [0.2, 0.25) is 0 Å². The van der Waals surface area contributed by atoms with Crippen molar-refractivity contribution in [3.8, 4) is 0 Å². The Hall–Kier alpha value is -1.31. The summed E-state index contributed by atoms with van der Waals surface area (Å²) in [7, 11) is -1.56. The number of carbonyl (C=O) groups is 2. The van der Waals surface area contributed by atoms with Gasteiger partial charge in [0.15, 0.2) is 6.61 Å². The van der Waals surface area contributed by atoms with E-state index in [0.29, 0.717) is 6.08 Å². The third kappa shape index (κ3) is 11.2. The molecule has 0 saturated heterocycles. The Kier molecular flexibility index (Phi) is 6.09. The summed E-state index contributed by atoms with van der Waals surface area (Å²) >= 11 is 0. The van der Waals surface area contributed by atoms with Crippen LogP contribution in [-0.2, 0) is 19.1 Å². The molecular formula is C10H15F3O4Si. The fourth-order valence-corrected chi connectivity index (χ4v) is 1.25. The second-order valence-corrected chi connectivity index (χ2v) is 10.1. The maximum atomic E-state index is 11.7. The van der Waals surface area contributed by atoms with Gasteiger partial charge >= 0.3 is 18.1 Å². The fraction of sp³-hybridized carbons (Fsp3) is 0.600. The molecule has 0 spiro atoms. The minimum atomic E-state index is -4.58. The van der Waals surface area contributed by atoms with E-state index in [4.69, 9.17) is 4.74 Å². The van der Waals surface area contributed by atoms with E-state index in [1.807, 2.05) is 19.6 Å². The second-order valence-electron chi connectivity index (χ2n) is 4.72. The molecule has 0 bridgehead atoms. The molecule has 0 amide bonds. The summed E-state index contributed by atoms with van der Waals surface area (Å²) in [6, 6.07) is 0. The maximum absolute atomic E-state index is 11.7. The molecule has 0 N–H and O–H groups in total. The normalized spacial score (nSPS) is 12.6. The summed E-state index contributed by atoms with van der Waals surface area (Å²) in [5, 5.41) is 0. The molecule has 0 fully saturated rings. The van der Waals surface area contributed by atoms with Crippen LogP contribution in [0.15, 0.2) is 12.2 Å². The van der Waals surface area contributed by atoms with Gasteiger partial charge in [0.05, 0.1) is 14.3 Å². The van der Waals surface area contributed by atoms with E-state index in [1.54, 1.807) is 0 Å². The largest absolute Gasteiger partial charge is 0.466 e. The van der Waals surface area contributed by atoms with Crippen LogP contribution in [0.2, 0.25) is 19.6 Å². The molecule has 0 heterocycles. The van der Waals surface area contributed by atoms with Crippen molar-refractivity contribution in [3.05, 3.63) is 12.2 Å². The third-order valence-corrected chi connectivity index (χ3v) is 2.39. The van der Waals surface area contributed by atoms with Crippen molar-refractivity contribution in [2.24, 2.45) is 0 Å². The van der Waals surface area contributed by atoms with Gasteiger partial charge < -0.3 is 9.47 Å². The molecule has 0 rings (SSSR count). The van der Waals surface area contributed by atoms with Crippen molar-refractivity contribution in [1.82, 2.24) is 0 Å². The monoisotopic (exact) mass is 284 g/mol. The van der Waals surface area contributed by atoms with Crippen LogP contribution in [0, 0.1) is 0 Å². The molecule has 0 aromatic heterocycles. The molecule has 0 aromatic carbocycles. The Balaban J connectivity index is 4.00. The minimum Gasteiger partial charge on any atom is -0.466 e. The lowest BCUT2D eigenvalue weighted by Crippen LogP contribution is -2.29. The van der Waals surface area contributed by atoms with E-state index in [-0.39, 0.29) is 6.23 Å². The summed E-state index contributed by atoms with van der Waals surface area (Å²) in [6.45, 7) is 4.24. The van der Waals surface area contributed by atoms with Gasteiger partial charge in [-0.1, -0.05) is 19.6 Å². The lowest BCUT2D eigenvalue weighted by Gasteiger charge is -2.14. The zero-order valence-electron chi connectivity index (χ0n) is 10.3. The third-order valence-electron chi connectivity index (χ3n) is 1.38. The van der Waals surface area contributed by atoms with Gasteiger partial charge in [-0.15, -0.1) is 0 Å². The molecule has 4 nitrogen and oxygen atoms in total. The Morgan fingerprint density at radius 1 is 1.06 bits per heavy atom. The predicted molar refractivity (Wildman–Crippen MR) is 60.5 cm³/mol. The van der Waals surface area contributed by atoms with Crippen LogP contribution in [0.3, 0.4) is 0 Å². The van der Waals surface area contributed by atoms with Crippen LogP contribution >= 0.6 is 0 Å². The standard InChI is InChI=1S/C10H15F3O4Si/c1-18(2,3)7-17-9(15)5-4-8(14)16-6-10(11,12)13/h4-5H,6-7H2,1-3H3. The van der Waals surface area contributed by atoms with E-state index in [1.165, 1.54) is 0 Å². The molecule has 18 heavy (non-hydrogen) atoms. The highest BCUT2D eigenvalue weighted by atomic mass is 28.3. The predicted octanol–water partition coefficient (Wildman–Crippen LogP) is 2.07. The number of ether oxygens (including phenoxy) is 2. The number of hydrogen-bond acceptors (Lipinski definition) is 4. The van der Waals surface area contributed by atoms with Crippen LogP contribution in [0.4, 0.5) is 13.2 Å². The summed E-state index contributed by atoms with van der Waals surface area (Å²) < 4.78 is 43.7. The van der Waals surface area contributed by atoms with Gasteiger partial charge in [-0.05, 0) is 0 Å². The van der Waals surface area contributed by atoms with Gasteiger partial charge in [0.25, 0.3) is 0 Å². The average molecular weight is 284 g/mol. The first-order chi connectivity index (χ1) is 7.99. The quantitative estimate of drug-likeness (QED) is 0.440. The summed E-state index contributed by atoms with van der Waals surface area (Å²) in [5.74, 6) is -2.02. The van der Waals surface area contributed by atoms with E-state index >= 15 is 0 Å². The van der Waals surface area contributed by atoms with Crippen molar-refractivity contribution >= 4 is 20.0 Å². The molecule has 0 aliphatic rings. The van der Waals surface area contributed by atoms with Crippen molar-refractivity contribution in [1.29, 1.82) is 0 Å². The lowest BCUT2D eigenvalue weighted by molar-refractivity contribution is -0.182. The number of hydrogen-bond donors (Lipinski definition) is 0. The smallest absolute Gasteiger partial charge is 0.422 e. The number of rotatable bonds is 5. The van der Waals surface area contributed by atoms with Crippen LogP contribution < -0.4 is 0 Å². The van der Waals surface area contributed by atoms with Crippen molar-refractivity contribution in [2.45, 2.75) is 25.8 Å². The summed E-state index contributed by atoms with van der Waals surface area (Å²) in [5.41, 5.74) is 0. The number of halogens is 3. The Morgan fingerprint density at radius 3 is 1.89 bits per heavy atom. The Morgan fingerprint density at radius 2 is 1.50 bits per heavy atom. The highest BCUT2D eigenvalue weighted by Gasteiger charge is 2.29. The van der Waals surface area contributed by atoms with E-state index in [9.17, 15) is 22.8 Å². The van der Waals surface area contributed by atoms with E-state index in [0.717, 1.165) is 6.08 Å². The molecule has 104 valence electrons. The van der Waals surface area contributed by atoms with Gasteiger partial charge in [-0.25, -0.2) is 9.59 Å². The van der Waals surface area contributed by atoms with Crippen molar-refractivity contribution < 1.29 is 32.2 Å². The summed E-state index contributed by atoms with van der Waals surface area (Å²) in [6.07, 6.45) is -2.95. The molecule has 0 radical (unpaired) electrons. The first kappa shape index (κ1) is 16.7. The molecule has 0 atom stereocenters. The second kappa shape index (κ2) is 6.57. The highest BCUT2D eigenvalue weighted by Crippen LogP contribution is 2.14. The molecule has 0 saturated carbocycles. The topological polar surface area (TPSA) is 52.6 Å². The maximum Gasteiger partial charge on any atom is 0.422 e. The van der Waals surface area contributed by atoms with Gasteiger partial charge in [0, 0.05) is 12.2 Å². The van der Waals surface area contributed by atoms with E-state index in [2.05, 4.69) is 4.74 Å². The number of alkyl halides is 3. The van der Waals surface area contributed by atoms with Crippen molar-refractivity contribution in [2.75, 3.05) is 12.8 Å². The molecule has 0 aliphatic heterocycles. The highest BCUT2D eigenvalue weighted by molar-refractivity contribution is 6.76. The molecule has 8 heteroatoms. The van der Waals surface area contributed by atoms with Crippen LogP contribution in [0.5, 0.6) is 0 Å². The van der Waals surface area contributed by atoms with Crippen LogP contribution in [-0.4, -0.2) is 39.0 Å². The van der Waals surface area contributed by atoms with Crippen LogP contribution in [0.1, 0.15) is 0 Å². The zero-order chi connectivity index (χ0) is 14.4. The van der Waals surface area contributed by atoms with Gasteiger partial charge in [0.1, 0.15) is 0 Å². The van der Waals surface area contributed by atoms with Crippen LogP contribution in [0.25, 0.3) is 0 Å². The molecule has 0 aliphatic carbocycles. The zero-order valence-corrected chi connectivity index (χ0v) is 11.3. The Bertz CT molecular complexity index is 299. The Labute approximate surface area is 104 Å². The number of carbonyl (C=O) groups excluding carboxylic acids is 2. The first-order valence-corrected chi connectivity index (χ1v) is 8.79. The summed E-state index contributed by atoms with van der Waals surface area (Å²) in [4.78, 5) is 21.9. The molecule has 0 aromatic rings. The van der Waals surface area contributed by atoms with E-state index < -0.39 is 32.8 Å². The minimum absolute atomic E-state index is 0.272. The van der Waals surface area contributed by atoms with Gasteiger partial charge in [-0.3, -0.25) is 0 Å². The number of esters is 2. The lowest BCUT2D eigenvalue weighted by atomic mass is 10.5. The SMILES string of the molecule is C[Si](C)(C)COC(=O)C=CC(=O)OCC(F)(F)F. The average Bonchev–Trinajstić information content (AvgIpc) is 2.18. The first-order valence-electron chi connectivity index (χ1n) is 5.08. The molecular weight excluding hydrogens is 269 g/mol.